The minimum absolute atomic E-state index is 0.0696. The van der Waals surface area contributed by atoms with Gasteiger partial charge in [-0.3, -0.25) is 9.59 Å². The molecule has 1 aliphatic rings. The number of aromatic amines is 1. The SMILES string of the molecule is CCOc1ccc2[nH]c(=O)c(CN(CC3COCCO3)C(=O)c3ccc(F)cc3)cc2c1. The molecule has 1 unspecified atom stereocenters. The Morgan fingerprint density at radius 3 is 2.72 bits per heavy atom. The Hall–Kier alpha value is -3.23. The number of halogens is 1. The van der Waals surface area contributed by atoms with Crippen molar-refractivity contribution in [1.29, 1.82) is 0 Å². The van der Waals surface area contributed by atoms with Crippen LogP contribution in [-0.2, 0) is 16.0 Å². The quantitative estimate of drug-likeness (QED) is 0.611. The van der Waals surface area contributed by atoms with E-state index in [1.165, 1.54) is 29.2 Å². The van der Waals surface area contributed by atoms with Crippen molar-refractivity contribution in [2.75, 3.05) is 33.0 Å². The van der Waals surface area contributed by atoms with Crippen LogP contribution >= 0.6 is 0 Å². The van der Waals surface area contributed by atoms with Crippen LogP contribution < -0.4 is 10.3 Å². The van der Waals surface area contributed by atoms with E-state index in [1.54, 1.807) is 18.2 Å². The van der Waals surface area contributed by atoms with E-state index < -0.39 is 5.82 Å². The number of benzene rings is 2. The molecule has 8 heteroatoms. The Bertz CT molecular complexity index is 1140. The van der Waals surface area contributed by atoms with Gasteiger partial charge < -0.3 is 24.1 Å². The van der Waals surface area contributed by atoms with Gasteiger partial charge in [0.15, 0.2) is 0 Å². The van der Waals surface area contributed by atoms with Gasteiger partial charge in [-0.25, -0.2) is 4.39 Å². The molecule has 0 spiro atoms. The van der Waals surface area contributed by atoms with E-state index >= 15 is 0 Å². The molecule has 0 aliphatic carbocycles. The fourth-order valence-corrected chi connectivity index (χ4v) is 3.69. The summed E-state index contributed by atoms with van der Waals surface area (Å²) in [6, 6.07) is 12.5. The summed E-state index contributed by atoms with van der Waals surface area (Å²) in [5.41, 5.74) is 1.17. The lowest BCUT2D eigenvalue weighted by Crippen LogP contribution is -2.43. The number of amides is 1. The average molecular weight is 440 g/mol. The first-order valence-electron chi connectivity index (χ1n) is 10.6. The standard InChI is InChI=1S/C24H25FN2O5/c1-2-31-20-7-8-22-17(12-20)11-18(23(28)26-22)13-27(14-21-15-30-9-10-32-21)24(29)16-3-5-19(25)6-4-16/h3-8,11-12,21H,2,9-10,13-15H2,1H3,(H,26,28). The Balaban J connectivity index is 1.65. The van der Waals surface area contributed by atoms with Gasteiger partial charge in [0, 0.05) is 28.6 Å². The van der Waals surface area contributed by atoms with Crippen molar-refractivity contribution in [2.45, 2.75) is 19.6 Å². The summed E-state index contributed by atoms with van der Waals surface area (Å²) in [4.78, 5) is 30.4. The van der Waals surface area contributed by atoms with Crippen molar-refractivity contribution in [3.05, 3.63) is 75.8 Å². The second kappa shape index (κ2) is 9.93. The fraction of sp³-hybridized carbons (Fsp3) is 0.333. The van der Waals surface area contributed by atoms with Crippen LogP contribution in [-0.4, -0.2) is 54.9 Å². The first-order chi connectivity index (χ1) is 15.5. The number of carbonyl (C=O) groups is 1. The number of carbonyl (C=O) groups excluding carboxylic acids is 1. The van der Waals surface area contributed by atoms with E-state index in [0.29, 0.717) is 48.8 Å². The molecule has 0 radical (unpaired) electrons. The summed E-state index contributed by atoms with van der Waals surface area (Å²) in [5.74, 6) is -0.0417. The monoisotopic (exact) mass is 440 g/mol. The molecule has 2 heterocycles. The molecule has 3 aromatic rings. The highest BCUT2D eigenvalue weighted by atomic mass is 19.1. The number of aromatic nitrogens is 1. The maximum Gasteiger partial charge on any atom is 0.254 e. The number of H-pyrrole nitrogens is 1. The average Bonchev–Trinajstić information content (AvgIpc) is 2.80. The molecule has 2 aromatic carbocycles. The predicted octanol–water partition coefficient (Wildman–Crippen LogP) is 3.12. The van der Waals surface area contributed by atoms with Gasteiger partial charge in [0.1, 0.15) is 11.6 Å². The van der Waals surface area contributed by atoms with E-state index in [9.17, 15) is 14.0 Å². The van der Waals surface area contributed by atoms with E-state index in [4.69, 9.17) is 14.2 Å². The Labute approximate surface area is 184 Å². The molecule has 0 saturated carbocycles. The van der Waals surface area contributed by atoms with Crippen LogP contribution in [0.1, 0.15) is 22.8 Å². The smallest absolute Gasteiger partial charge is 0.254 e. The highest BCUT2D eigenvalue weighted by molar-refractivity contribution is 5.94. The van der Waals surface area contributed by atoms with Crippen LogP contribution in [0.15, 0.2) is 53.3 Å². The molecule has 1 N–H and O–H groups in total. The van der Waals surface area contributed by atoms with Gasteiger partial charge in [0.2, 0.25) is 0 Å². The molecule has 7 nitrogen and oxygen atoms in total. The van der Waals surface area contributed by atoms with Crippen molar-refractivity contribution < 1.29 is 23.4 Å². The van der Waals surface area contributed by atoms with Gasteiger partial charge in [-0.05, 0) is 55.5 Å². The lowest BCUT2D eigenvalue weighted by atomic mass is 10.1. The summed E-state index contributed by atoms with van der Waals surface area (Å²) in [5, 5.41) is 0.803. The third-order valence-electron chi connectivity index (χ3n) is 5.25. The van der Waals surface area contributed by atoms with E-state index in [-0.39, 0.29) is 30.7 Å². The maximum absolute atomic E-state index is 13.3. The molecule has 1 fully saturated rings. The third-order valence-corrected chi connectivity index (χ3v) is 5.25. The first-order valence-corrected chi connectivity index (χ1v) is 10.6. The summed E-state index contributed by atoms with van der Waals surface area (Å²) in [6.45, 7) is 4.06. The lowest BCUT2D eigenvalue weighted by molar-refractivity contribution is -0.0953. The van der Waals surface area contributed by atoms with E-state index in [1.807, 2.05) is 13.0 Å². The molecule has 0 bridgehead atoms. The summed E-state index contributed by atoms with van der Waals surface area (Å²) < 4.78 is 30.1. The minimum Gasteiger partial charge on any atom is -0.494 e. The molecule has 1 aliphatic heterocycles. The zero-order chi connectivity index (χ0) is 22.5. The van der Waals surface area contributed by atoms with Crippen LogP contribution in [0.5, 0.6) is 5.75 Å². The normalized spacial score (nSPS) is 16.1. The molecule has 1 amide bonds. The highest BCUT2D eigenvalue weighted by Crippen LogP contribution is 2.20. The fourth-order valence-electron chi connectivity index (χ4n) is 3.69. The van der Waals surface area contributed by atoms with Gasteiger partial charge in [-0.1, -0.05) is 0 Å². The molecule has 168 valence electrons. The van der Waals surface area contributed by atoms with Crippen molar-refractivity contribution in [3.63, 3.8) is 0 Å². The Morgan fingerprint density at radius 2 is 2.00 bits per heavy atom. The van der Waals surface area contributed by atoms with E-state index in [2.05, 4.69) is 4.98 Å². The molecule has 1 saturated heterocycles. The number of rotatable bonds is 7. The second-order valence-corrected chi connectivity index (χ2v) is 7.57. The third kappa shape index (κ3) is 5.15. The zero-order valence-electron chi connectivity index (χ0n) is 17.8. The van der Waals surface area contributed by atoms with Crippen molar-refractivity contribution in [1.82, 2.24) is 9.88 Å². The van der Waals surface area contributed by atoms with Gasteiger partial charge in [-0.15, -0.1) is 0 Å². The number of pyridine rings is 1. The number of nitrogens with zero attached hydrogens (tertiary/aromatic N) is 1. The topological polar surface area (TPSA) is 80.9 Å². The van der Waals surface area contributed by atoms with Gasteiger partial charge in [0.25, 0.3) is 11.5 Å². The predicted molar refractivity (Wildman–Crippen MR) is 117 cm³/mol. The zero-order valence-corrected chi connectivity index (χ0v) is 17.8. The molecule has 32 heavy (non-hydrogen) atoms. The number of hydrogen-bond acceptors (Lipinski definition) is 5. The van der Waals surface area contributed by atoms with E-state index in [0.717, 1.165) is 5.39 Å². The van der Waals surface area contributed by atoms with Crippen molar-refractivity contribution in [2.24, 2.45) is 0 Å². The van der Waals surface area contributed by atoms with Gasteiger partial charge in [0.05, 0.1) is 39.1 Å². The number of fused-ring (bicyclic) bond motifs is 1. The summed E-state index contributed by atoms with van der Waals surface area (Å²) >= 11 is 0. The number of nitrogens with one attached hydrogen (secondary N) is 1. The molecule has 1 atom stereocenters. The van der Waals surface area contributed by atoms with Crippen LogP contribution in [0, 0.1) is 5.82 Å². The summed E-state index contributed by atoms with van der Waals surface area (Å²) in [6.07, 6.45) is -0.308. The largest absolute Gasteiger partial charge is 0.494 e. The minimum atomic E-state index is -0.423. The van der Waals surface area contributed by atoms with Crippen LogP contribution in [0.25, 0.3) is 10.9 Å². The lowest BCUT2D eigenvalue weighted by Gasteiger charge is -2.30. The number of hydrogen-bond donors (Lipinski definition) is 1. The Morgan fingerprint density at radius 1 is 1.19 bits per heavy atom. The highest BCUT2D eigenvalue weighted by Gasteiger charge is 2.24. The van der Waals surface area contributed by atoms with Crippen LogP contribution in [0.2, 0.25) is 0 Å². The van der Waals surface area contributed by atoms with Crippen LogP contribution in [0.4, 0.5) is 4.39 Å². The summed E-state index contributed by atoms with van der Waals surface area (Å²) in [7, 11) is 0. The van der Waals surface area contributed by atoms with Gasteiger partial charge in [-0.2, -0.15) is 0 Å². The van der Waals surface area contributed by atoms with Crippen molar-refractivity contribution in [3.8, 4) is 5.75 Å². The Kier molecular flexibility index (Phi) is 6.82. The molecule has 4 rings (SSSR count). The second-order valence-electron chi connectivity index (χ2n) is 7.57. The maximum atomic E-state index is 13.3. The molecule has 1 aromatic heterocycles. The molecular weight excluding hydrogens is 415 g/mol. The first kappa shape index (κ1) is 22.0. The molecular formula is C24H25FN2O5. The van der Waals surface area contributed by atoms with Crippen LogP contribution in [0.3, 0.4) is 0 Å². The number of ether oxygens (including phenoxy) is 3. The van der Waals surface area contributed by atoms with Gasteiger partial charge >= 0.3 is 0 Å². The van der Waals surface area contributed by atoms with Crippen molar-refractivity contribution >= 4 is 16.8 Å².